The molecule has 0 amide bonds. The summed E-state index contributed by atoms with van der Waals surface area (Å²) in [6.45, 7) is 2.45. The molecule has 0 fully saturated rings. The van der Waals surface area contributed by atoms with Gasteiger partial charge in [-0.1, -0.05) is 6.58 Å². The Balaban J connectivity index is -0.0000000405. The summed E-state index contributed by atoms with van der Waals surface area (Å²) in [6, 6.07) is 0. The summed E-state index contributed by atoms with van der Waals surface area (Å²) in [5, 5.41) is -1.57. The Morgan fingerprint density at radius 2 is 1.07 bits per heavy atom. The Morgan fingerprint density at radius 3 is 1.07 bits per heavy atom. The predicted octanol–water partition coefficient (Wildman–Crippen LogP) is -9.92. The van der Waals surface area contributed by atoms with Crippen LogP contribution in [0.15, 0.2) is 11.6 Å². The summed E-state index contributed by atoms with van der Waals surface area (Å²) >= 11 is 0. The quantitative estimate of drug-likeness (QED) is 0.370. The van der Waals surface area contributed by atoms with E-state index in [1.807, 2.05) is 0 Å². The largest absolute Gasteiger partial charge is 1.00 e. The summed E-state index contributed by atoms with van der Waals surface area (Å²) in [7, 11) is -10.3. The van der Waals surface area contributed by atoms with E-state index in [1.54, 1.807) is 0 Å². The first-order chi connectivity index (χ1) is 4.15. The fourth-order valence-corrected chi connectivity index (χ4v) is 1.44. The zero-order valence-electron chi connectivity index (χ0n) is 8.13. The first-order valence-corrected chi connectivity index (χ1v) is 5.09. The monoisotopic (exact) mass is 286 g/mol. The van der Waals surface area contributed by atoms with E-state index in [2.05, 4.69) is 6.58 Å². The molecule has 13 heteroatoms. The standard InChI is InChI=1S/C2H6O6P2.2Na.3H2O/c1-2(9(3,4)5)10(6,7)8;;;;;/h1H2,(H2,3,4,5)(H2,6,7,8);;;3*1H2/q;2*+1;;;/p-2. The summed E-state index contributed by atoms with van der Waals surface area (Å²) in [5.41, 5.74) is 0. The third-order valence-electron chi connectivity index (χ3n) is 0.652. The van der Waals surface area contributed by atoms with Crippen molar-refractivity contribution in [3.8, 4) is 0 Å². The van der Waals surface area contributed by atoms with Crippen molar-refractivity contribution in [1.82, 2.24) is 0 Å². The van der Waals surface area contributed by atoms with Crippen LogP contribution in [0.1, 0.15) is 0 Å². The van der Waals surface area contributed by atoms with E-state index >= 15 is 0 Å². The molecule has 0 bridgehead atoms. The van der Waals surface area contributed by atoms with Gasteiger partial charge in [-0.2, -0.15) is 0 Å². The van der Waals surface area contributed by atoms with Gasteiger partial charge in [0.15, 0.2) is 15.2 Å². The van der Waals surface area contributed by atoms with E-state index in [9.17, 15) is 18.9 Å². The predicted molar refractivity (Wildman–Crippen MR) is 39.6 cm³/mol. The van der Waals surface area contributed by atoms with Crippen molar-refractivity contribution < 1.29 is 104 Å². The normalized spacial score (nSPS) is 15.2. The van der Waals surface area contributed by atoms with Gasteiger partial charge in [-0.15, -0.1) is 0 Å². The molecule has 0 aromatic rings. The molecule has 0 saturated heterocycles. The SMILES string of the molecule is C=C(P(=O)([O-])O)P(=O)([O-])O.O.O.O.[Na+].[Na+]. The smallest absolute Gasteiger partial charge is 0.775 e. The van der Waals surface area contributed by atoms with Gasteiger partial charge in [-0.25, -0.2) is 0 Å². The van der Waals surface area contributed by atoms with Crippen LogP contribution in [0.5, 0.6) is 0 Å². The van der Waals surface area contributed by atoms with Gasteiger partial charge in [0, 0.05) is 0 Å². The first kappa shape index (κ1) is 36.0. The van der Waals surface area contributed by atoms with E-state index in [0.29, 0.717) is 0 Å². The Bertz CT molecular complexity index is 216. The number of hydrogen-bond donors (Lipinski definition) is 2. The molecular formula is C2H10Na2O9P2. The van der Waals surface area contributed by atoms with Crippen molar-refractivity contribution in [2.45, 2.75) is 0 Å². The molecule has 0 aromatic carbocycles. The van der Waals surface area contributed by atoms with Crippen molar-refractivity contribution in [2.24, 2.45) is 0 Å². The molecule has 8 N–H and O–H groups in total. The van der Waals surface area contributed by atoms with Crippen molar-refractivity contribution in [3.05, 3.63) is 11.6 Å². The third kappa shape index (κ3) is 15.9. The number of hydrogen-bond acceptors (Lipinski definition) is 4. The maximum absolute atomic E-state index is 9.93. The van der Waals surface area contributed by atoms with E-state index in [-0.39, 0.29) is 75.5 Å². The van der Waals surface area contributed by atoms with Gasteiger partial charge in [0.25, 0.3) is 0 Å². The summed E-state index contributed by atoms with van der Waals surface area (Å²) in [4.78, 5) is 35.8. The van der Waals surface area contributed by atoms with Crippen molar-refractivity contribution in [3.63, 3.8) is 0 Å². The Kier molecular flexibility index (Phi) is 29.7. The maximum atomic E-state index is 9.93. The number of rotatable bonds is 2. The van der Waals surface area contributed by atoms with E-state index in [0.717, 1.165) is 0 Å². The van der Waals surface area contributed by atoms with Crippen molar-refractivity contribution in [2.75, 3.05) is 0 Å². The minimum absolute atomic E-state index is 0. The molecular weight excluding hydrogens is 276 g/mol. The summed E-state index contributed by atoms with van der Waals surface area (Å²) in [5.74, 6) is 0. The topological polar surface area (TPSA) is 215 Å². The van der Waals surface area contributed by atoms with Gasteiger partial charge in [0.2, 0.25) is 0 Å². The average molecular weight is 286 g/mol. The van der Waals surface area contributed by atoms with Gasteiger partial charge >= 0.3 is 59.1 Å². The van der Waals surface area contributed by atoms with Crippen LogP contribution in [0.25, 0.3) is 0 Å². The maximum Gasteiger partial charge on any atom is 1.00 e. The molecule has 0 aliphatic rings. The summed E-state index contributed by atoms with van der Waals surface area (Å²) < 4.78 is 19.9. The van der Waals surface area contributed by atoms with Gasteiger partial charge < -0.3 is 45.1 Å². The molecule has 0 saturated carbocycles. The van der Waals surface area contributed by atoms with E-state index in [4.69, 9.17) is 9.79 Å². The molecule has 0 aliphatic heterocycles. The van der Waals surface area contributed by atoms with Gasteiger partial charge in [-0.05, 0) is 0 Å². The average Bonchev–Trinajstić information content (AvgIpc) is 1.59. The molecule has 0 radical (unpaired) electrons. The van der Waals surface area contributed by atoms with Crippen LogP contribution >= 0.6 is 15.2 Å². The van der Waals surface area contributed by atoms with Crippen LogP contribution in [0, 0.1) is 0 Å². The molecule has 0 aromatic heterocycles. The molecule has 9 nitrogen and oxygen atoms in total. The van der Waals surface area contributed by atoms with Gasteiger partial charge in [0.05, 0.1) is 5.06 Å². The molecule has 0 heterocycles. The minimum Gasteiger partial charge on any atom is -0.775 e. The van der Waals surface area contributed by atoms with Crippen LogP contribution < -0.4 is 68.9 Å². The van der Waals surface area contributed by atoms with Crippen LogP contribution in [-0.4, -0.2) is 26.2 Å². The zero-order valence-corrected chi connectivity index (χ0v) is 13.9. The second-order valence-electron chi connectivity index (χ2n) is 1.46. The molecule has 84 valence electrons. The minimum atomic E-state index is -5.15. The first-order valence-electron chi connectivity index (χ1n) is 1.93. The second kappa shape index (κ2) is 12.4. The van der Waals surface area contributed by atoms with Crippen molar-refractivity contribution >= 4 is 15.2 Å². The summed E-state index contributed by atoms with van der Waals surface area (Å²) in [6.07, 6.45) is 0. The van der Waals surface area contributed by atoms with Crippen LogP contribution in [0.2, 0.25) is 0 Å². The Labute approximate surface area is 130 Å². The second-order valence-corrected chi connectivity index (χ2v) is 4.97. The molecule has 15 heavy (non-hydrogen) atoms. The molecule has 0 rings (SSSR count). The van der Waals surface area contributed by atoms with Gasteiger partial charge in [0.1, 0.15) is 0 Å². The fraction of sp³-hybridized carbons (Fsp3) is 0. The molecule has 0 spiro atoms. The Morgan fingerprint density at radius 1 is 0.933 bits per heavy atom. The molecule has 2 unspecified atom stereocenters. The van der Waals surface area contributed by atoms with Crippen LogP contribution in [0.3, 0.4) is 0 Å². The fourth-order valence-electron chi connectivity index (χ4n) is 0.160. The Hall–Kier alpha value is 1.92. The van der Waals surface area contributed by atoms with Gasteiger partial charge in [-0.3, -0.25) is 0 Å². The van der Waals surface area contributed by atoms with E-state index in [1.165, 1.54) is 0 Å². The van der Waals surface area contributed by atoms with Crippen molar-refractivity contribution in [1.29, 1.82) is 0 Å². The molecule has 2 atom stereocenters. The molecule has 0 aliphatic carbocycles. The van der Waals surface area contributed by atoms with Crippen LogP contribution in [0.4, 0.5) is 0 Å². The third-order valence-corrected chi connectivity index (χ3v) is 3.47. The zero-order chi connectivity index (χ0) is 8.58. The van der Waals surface area contributed by atoms with Crippen LogP contribution in [-0.2, 0) is 9.13 Å². The van der Waals surface area contributed by atoms with E-state index < -0.39 is 20.2 Å².